The first-order valence-corrected chi connectivity index (χ1v) is 10.1. The second-order valence-electron chi connectivity index (χ2n) is 8.03. The number of hydrogen-bond donors (Lipinski definition) is 0. The maximum absolute atomic E-state index is 12.7. The number of nitroso groups, excluding NO2 is 1. The van der Waals surface area contributed by atoms with Gasteiger partial charge in [0.15, 0.2) is 0 Å². The average molecular weight is 377 g/mol. The number of amides is 1. The van der Waals surface area contributed by atoms with E-state index in [4.69, 9.17) is 0 Å². The maximum atomic E-state index is 12.7. The van der Waals surface area contributed by atoms with Crippen LogP contribution < -0.4 is 0 Å². The molecule has 2 aromatic carbocycles. The van der Waals surface area contributed by atoms with Crippen molar-refractivity contribution in [1.29, 1.82) is 0 Å². The predicted molar refractivity (Wildman–Crippen MR) is 111 cm³/mol. The summed E-state index contributed by atoms with van der Waals surface area (Å²) in [6.45, 7) is 5.15. The number of benzene rings is 2. The predicted octanol–water partition coefficient (Wildman–Crippen LogP) is 3.64. The molecule has 0 bridgehead atoms. The Morgan fingerprint density at radius 1 is 1.07 bits per heavy atom. The molecule has 1 aliphatic heterocycles. The molecule has 1 aliphatic carbocycles. The third-order valence-corrected chi connectivity index (χ3v) is 6.14. The molecule has 5 nitrogen and oxygen atoms in total. The third-order valence-electron chi connectivity index (χ3n) is 6.14. The van der Waals surface area contributed by atoms with Crippen LogP contribution in [0.5, 0.6) is 0 Å². The van der Waals surface area contributed by atoms with Gasteiger partial charge in [-0.1, -0.05) is 35.9 Å². The van der Waals surface area contributed by atoms with Gasteiger partial charge >= 0.3 is 0 Å². The largest absolute Gasteiger partial charge is 0.340 e. The Morgan fingerprint density at radius 2 is 1.89 bits per heavy atom. The summed E-state index contributed by atoms with van der Waals surface area (Å²) in [6.07, 6.45) is 4.11. The van der Waals surface area contributed by atoms with Gasteiger partial charge in [0, 0.05) is 25.7 Å². The van der Waals surface area contributed by atoms with Gasteiger partial charge in [-0.05, 0) is 66.6 Å². The first-order chi connectivity index (χ1) is 13.6. The van der Waals surface area contributed by atoms with Crippen molar-refractivity contribution in [3.63, 3.8) is 0 Å². The summed E-state index contributed by atoms with van der Waals surface area (Å²) in [5.41, 5.74) is 5.83. The molecule has 0 saturated carbocycles. The van der Waals surface area contributed by atoms with E-state index in [0.29, 0.717) is 18.3 Å². The van der Waals surface area contributed by atoms with Gasteiger partial charge in [0.1, 0.15) is 5.69 Å². The lowest BCUT2D eigenvalue weighted by atomic mass is 9.86. The first-order valence-electron chi connectivity index (χ1n) is 10.1. The van der Waals surface area contributed by atoms with E-state index in [2.05, 4.69) is 35.2 Å². The fourth-order valence-corrected chi connectivity index (χ4v) is 4.44. The molecule has 1 fully saturated rings. The molecule has 2 aromatic rings. The smallest absolute Gasteiger partial charge is 0.236 e. The van der Waals surface area contributed by atoms with Crippen LogP contribution in [0.25, 0.3) is 0 Å². The highest BCUT2D eigenvalue weighted by Crippen LogP contribution is 2.26. The van der Waals surface area contributed by atoms with Crippen molar-refractivity contribution in [2.45, 2.75) is 38.6 Å². The molecule has 2 aliphatic rings. The number of piperazine rings is 1. The zero-order valence-electron chi connectivity index (χ0n) is 16.4. The van der Waals surface area contributed by atoms with Gasteiger partial charge in [-0.15, -0.1) is 4.91 Å². The molecule has 0 aromatic heterocycles. The highest BCUT2D eigenvalue weighted by atomic mass is 16.3. The van der Waals surface area contributed by atoms with Gasteiger partial charge in [0.2, 0.25) is 5.91 Å². The molecule has 5 heteroatoms. The lowest BCUT2D eigenvalue weighted by Crippen LogP contribution is -2.54. The van der Waals surface area contributed by atoms with Crippen LogP contribution in [0, 0.1) is 11.8 Å². The average Bonchev–Trinajstić information content (AvgIpc) is 2.73. The Balaban J connectivity index is 1.30. The normalized spacial score (nSPS) is 20.1. The molecule has 4 rings (SSSR count). The Hall–Kier alpha value is -2.53. The van der Waals surface area contributed by atoms with Gasteiger partial charge in [-0.2, -0.15) is 0 Å². The lowest BCUT2D eigenvalue weighted by molar-refractivity contribution is -0.137. The molecule has 1 heterocycles. The summed E-state index contributed by atoms with van der Waals surface area (Å²) in [5, 5.41) is 2.92. The molecule has 146 valence electrons. The van der Waals surface area contributed by atoms with E-state index in [1.54, 1.807) is 12.1 Å². The Labute approximate surface area is 166 Å². The number of carbonyl (C=O) groups is 1. The summed E-state index contributed by atoms with van der Waals surface area (Å²) in [7, 11) is 0. The van der Waals surface area contributed by atoms with Gasteiger partial charge in [-0.3, -0.25) is 9.69 Å². The Morgan fingerprint density at radius 3 is 2.64 bits per heavy atom. The van der Waals surface area contributed by atoms with E-state index < -0.39 is 0 Å². The molecular formula is C23H27N3O2. The summed E-state index contributed by atoms with van der Waals surface area (Å²) < 4.78 is 0. The van der Waals surface area contributed by atoms with Crippen LogP contribution in [0.1, 0.15) is 28.7 Å². The summed E-state index contributed by atoms with van der Waals surface area (Å²) in [6, 6.07) is 14.5. The zero-order valence-corrected chi connectivity index (χ0v) is 16.4. The minimum Gasteiger partial charge on any atom is -0.340 e. The van der Waals surface area contributed by atoms with E-state index in [-0.39, 0.29) is 5.91 Å². The van der Waals surface area contributed by atoms with Crippen LogP contribution in [-0.4, -0.2) is 47.9 Å². The van der Waals surface area contributed by atoms with Crippen molar-refractivity contribution < 1.29 is 4.79 Å². The summed E-state index contributed by atoms with van der Waals surface area (Å²) >= 11 is 0. The third kappa shape index (κ3) is 4.14. The SMILES string of the molecule is Cc1ccc2c(c1)CCC(N1CCN(CCc3ccc(N=O)cc3)C(=O)C1)C2. The Kier molecular flexibility index (Phi) is 5.53. The van der Waals surface area contributed by atoms with Gasteiger partial charge in [0.25, 0.3) is 0 Å². The lowest BCUT2D eigenvalue weighted by Gasteiger charge is -2.40. The maximum Gasteiger partial charge on any atom is 0.236 e. The summed E-state index contributed by atoms with van der Waals surface area (Å²) in [5.74, 6) is 0.229. The molecule has 28 heavy (non-hydrogen) atoms. The van der Waals surface area contributed by atoms with Crippen LogP contribution in [0.3, 0.4) is 0 Å². The number of aryl methyl sites for hydroxylation is 2. The summed E-state index contributed by atoms with van der Waals surface area (Å²) in [4.78, 5) is 27.5. The number of rotatable bonds is 5. The molecule has 0 spiro atoms. The van der Waals surface area contributed by atoms with Gasteiger partial charge in [-0.25, -0.2) is 0 Å². The number of carbonyl (C=O) groups excluding carboxylic acids is 1. The zero-order chi connectivity index (χ0) is 19.5. The fourth-order valence-electron chi connectivity index (χ4n) is 4.44. The van der Waals surface area contributed by atoms with E-state index >= 15 is 0 Å². The highest BCUT2D eigenvalue weighted by molar-refractivity contribution is 5.79. The standard InChI is InChI=1S/C23H27N3O2/c1-17-2-5-20-15-22(9-6-19(20)14-17)26-13-12-25(23(27)16-26)11-10-18-3-7-21(24-28)8-4-18/h2-5,7-8,14,22H,6,9-13,15-16H2,1H3. The number of fused-ring (bicyclic) bond motifs is 1. The molecule has 1 saturated heterocycles. The van der Waals surface area contributed by atoms with Gasteiger partial charge in [0.05, 0.1) is 6.54 Å². The second kappa shape index (κ2) is 8.23. The first kappa shape index (κ1) is 18.8. The number of hydrogen-bond acceptors (Lipinski definition) is 4. The van der Waals surface area contributed by atoms with E-state index in [9.17, 15) is 9.70 Å². The van der Waals surface area contributed by atoms with Crippen LogP contribution in [0.2, 0.25) is 0 Å². The molecule has 0 radical (unpaired) electrons. The molecule has 0 N–H and O–H groups in total. The second-order valence-corrected chi connectivity index (χ2v) is 8.03. The van der Waals surface area contributed by atoms with Gasteiger partial charge < -0.3 is 4.90 Å². The highest BCUT2D eigenvalue weighted by Gasteiger charge is 2.30. The molecular weight excluding hydrogens is 350 g/mol. The minimum absolute atomic E-state index is 0.229. The van der Waals surface area contributed by atoms with Crippen LogP contribution >= 0.6 is 0 Å². The Bertz CT molecular complexity index is 863. The topological polar surface area (TPSA) is 53.0 Å². The van der Waals surface area contributed by atoms with Crippen molar-refractivity contribution in [1.82, 2.24) is 9.80 Å². The monoisotopic (exact) mass is 377 g/mol. The van der Waals surface area contributed by atoms with E-state index in [0.717, 1.165) is 50.9 Å². The van der Waals surface area contributed by atoms with Crippen LogP contribution in [0.15, 0.2) is 47.6 Å². The van der Waals surface area contributed by atoms with Crippen molar-refractivity contribution >= 4 is 11.6 Å². The van der Waals surface area contributed by atoms with E-state index in [1.165, 1.54) is 16.7 Å². The van der Waals surface area contributed by atoms with Crippen LogP contribution in [0.4, 0.5) is 5.69 Å². The fraction of sp³-hybridized carbons (Fsp3) is 0.435. The molecule has 1 amide bonds. The van der Waals surface area contributed by atoms with Crippen LogP contribution in [-0.2, 0) is 24.1 Å². The van der Waals surface area contributed by atoms with Crippen molar-refractivity contribution in [3.05, 3.63) is 69.6 Å². The van der Waals surface area contributed by atoms with Crippen molar-refractivity contribution in [3.8, 4) is 0 Å². The molecule has 1 atom stereocenters. The molecule has 1 unspecified atom stereocenters. The van der Waals surface area contributed by atoms with E-state index in [1.807, 2.05) is 17.0 Å². The van der Waals surface area contributed by atoms with Crippen molar-refractivity contribution in [2.75, 3.05) is 26.2 Å². The quantitative estimate of drug-likeness (QED) is 0.748. The minimum atomic E-state index is 0.229. The number of nitrogens with zero attached hydrogens (tertiary/aromatic N) is 3. The van der Waals surface area contributed by atoms with Crippen molar-refractivity contribution in [2.24, 2.45) is 5.18 Å².